The number of nitrogens with zero attached hydrogens (tertiary/aromatic N) is 2. The summed E-state index contributed by atoms with van der Waals surface area (Å²) >= 11 is 0. The molecule has 7 heteroatoms. The maximum Gasteiger partial charge on any atom is 0.335 e. The molecule has 1 N–H and O–H groups in total. The number of nitriles is 1. The minimum atomic E-state index is -3.66. The molecular formula is C12H14N2O4S. The van der Waals surface area contributed by atoms with E-state index in [0.717, 1.165) is 4.31 Å². The number of hydrogen-bond donors (Lipinski definition) is 1. The Morgan fingerprint density at radius 1 is 1.42 bits per heavy atom. The van der Waals surface area contributed by atoms with Crippen molar-refractivity contribution < 1.29 is 18.3 Å². The molecule has 0 saturated carbocycles. The molecule has 19 heavy (non-hydrogen) atoms. The van der Waals surface area contributed by atoms with Crippen molar-refractivity contribution in [3.63, 3.8) is 0 Å². The third-order valence-electron chi connectivity index (χ3n) is 2.67. The Kier molecular flexibility index (Phi) is 4.64. The maximum atomic E-state index is 11.9. The van der Waals surface area contributed by atoms with Gasteiger partial charge in [0.15, 0.2) is 5.25 Å². The van der Waals surface area contributed by atoms with E-state index in [4.69, 9.17) is 10.4 Å². The highest BCUT2D eigenvalue weighted by atomic mass is 32.2. The van der Waals surface area contributed by atoms with Gasteiger partial charge in [-0.3, -0.25) is 0 Å². The van der Waals surface area contributed by atoms with Crippen LogP contribution >= 0.6 is 0 Å². The van der Waals surface area contributed by atoms with Gasteiger partial charge in [0.25, 0.3) is 0 Å². The Labute approximate surface area is 111 Å². The van der Waals surface area contributed by atoms with Crippen molar-refractivity contribution >= 4 is 16.0 Å². The predicted octanol–water partition coefficient (Wildman–Crippen LogP) is 1.06. The second kappa shape index (κ2) is 5.82. The van der Waals surface area contributed by atoms with Crippen LogP contribution in [0.4, 0.5) is 0 Å². The van der Waals surface area contributed by atoms with E-state index in [1.54, 1.807) is 18.2 Å². The van der Waals surface area contributed by atoms with Crippen LogP contribution in [0.1, 0.15) is 22.8 Å². The van der Waals surface area contributed by atoms with Crippen LogP contribution in [0.15, 0.2) is 24.3 Å². The van der Waals surface area contributed by atoms with Crippen molar-refractivity contribution in [3.8, 4) is 6.07 Å². The molecule has 1 atom stereocenters. The minimum absolute atomic E-state index is 0.0915. The summed E-state index contributed by atoms with van der Waals surface area (Å²) in [4.78, 5) is 10.7. The monoisotopic (exact) mass is 282 g/mol. The van der Waals surface area contributed by atoms with Gasteiger partial charge in [-0.2, -0.15) is 9.57 Å². The molecule has 0 aliphatic heterocycles. The number of carbonyl (C=O) groups is 1. The largest absolute Gasteiger partial charge is 0.478 e. The Morgan fingerprint density at radius 2 is 1.95 bits per heavy atom. The second-order valence-corrected chi connectivity index (χ2v) is 6.43. The fourth-order valence-corrected chi connectivity index (χ4v) is 2.44. The molecule has 0 aliphatic rings. The molecule has 0 saturated heterocycles. The van der Waals surface area contributed by atoms with Gasteiger partial charge in [0, 0.05) is 13.6 Å². The van der Waals surface area contributed by atoms with Gasteiger partial charge in [-0.25, -0.2) is 13.2 Å². The van der Waals surface area contributed by atoms with Gasteiger partial charge in [-0.1, -0.05) is 12.1 Å². The van der Waals surface area contributed by atoms with Gasteiger partial charge < -0.3 is 5.11 Å². The molecule has 0 aliphatic carbocycles. The predicted molar refractivity (Wildman–Crippen MR) is 68.9 cm³/mol. The minimum Gasteiger partial charge on any atom is -0.478 e. The third-order valence-corrected chi connectivity index (χ3v) is 4.67. The molecule has 0 spiro atoms. The van der Waals surface area contributed by atoms with E-state index < -0.39 is 21.2 Å². The first-order chi connectivity index (χ1) is 8.78. The summed E-state index contributed by atoms with van der Waals surface area (Å²) in [5.74, 6) is -1.04. The molecule has 0 radical (unpaired) electrons. The lowest BCUT2D eigenvalue weighted by atomic mass is 10.1. The second-order valence-electron chi connectivity index (χ2n) is 4.07. The van der Waals surface area contributed by atoms with Crippen molar-refractivity contribution in [2.24, 2.45) is 0 Å². The van der Waals surface area contributed by atoms with E-state index in [9.17, 15) is 13.2 Å². The van der Waals surface area contributed by atoms with Crippen LogP contribution in [0.5, 0.6) is 0 Å². The number of rotatable bonds is 5. The van der Waals surface area contributed by atoms with Gasteiger partial charge in [0.05, 0.1) is 11.6 Å². The van der Waals surface area contributed by atoms with Gasteiger partial charge in [0.2, 0.25) is 10.0 Å². The molecular weight excluding hydrogens is 268 g/mol. The zero-order valence-electron chi connectivity index (χ0n) is 10.6. The Balaban J connectivity index is 2.86. The molecule has 1 rings (SSSR count). The summed E-state index contributed by atoms with van der Waals surface area (Å²) in [5.41, 5.74) is 0.792. The molecule has 0 heterocycles. The number of carboxylic acids is 1. The Morgan fingerprint density at radius 3 is 2.37 bits per heavy atom. The lowest BCUT2D eigenvalue weighted by Gasteiger charge is -2.18. The molecule has 0 fully saturated rings. The summed E-state index contributed by atoms with van der Waals surface area (Å²) in [7, 11) is -2.27. The first-order valence-corrected chi connectivity index (χ1v) is 6.96. The Bertz CT molecular complexity index is 602. The van der Waals surface area contributed by atoms with Gasteiger partial charge >= 0.3 is 5.97 Å². The number of benzene rings is 1. The first-order valence-electron chi connectivity index (χ1n) is 5.46. The Hall–Kier alpha value is -1.91. The third kappa shape index (κ3) is 3.53. The molecule has 1 unspecified atom stereocenters. The van der Waals surface area contributed by atoms with E-state index in [1.165, 1.54) is 26.1 Å². The molecule has 102 valence electrons. The zero-order chi connectivity index (χ0) is 14.6. The van der Waals surface area contributed by atoms with Crippen LogP contribution in [-0.2, 0) is 16.6 Å². The smallest absolute Gasteiger partial charge is 0.335 e. The summed E-state index contributed by atoms with van der Waals surface area (Å²) in [6.07, 6.45) is 0. The molecule has 0 aromatic heterocycles. The van der Waals surface area contributed by atoms with Crippen molar-refractivity contribution in [2.45, 2.75) is 18.7 Å². The topological polar surface area (TPSA) is 98.5 Å². The number of sulfonamides is 1. The van der Waals surface area contributed by atoms with E-state index >= 15 is 0 Å². The molecule has 1 aromatic carbocycles. The van der Waals surface area contributed by atoms with Crippen LogP contribution in [0, 0.1) is 11.3 Å². The van der Waals surface area contributed by atoms with Crippen LogP contribution in [0.2, 0.25) is 0 Å². The average Bonchev–Trinajstić information content (AvgIpc) is 2.38. The lowest BCUT2D eigenvalue weighted by molar-refractivity contribution is 0.0697. The molecule has 6 nitrogen and oxygen atoms in total. The summed E-state index contributed by atoms with van der Waals surface area (Å²) in [5, 5.41) is 16.3. The zero-order valence-corrected chi connectivity index (χ0v) is 11.4. The molecule has 0 amide bonds. The van der Waals surface area contributed by atoms with Crippen LogP contribution in [0.25, 0.3) is 0 Å². The molecule has 0 bridgehead atoms. The van der Waals surface area contributed by atoms with Crippen molar-refractivity contribution in [2.75, 3.05) is 7.05 Å². The normalized spacial score (nSPS) is 12.9. The van der Waals surface area contributed by atoms with Crippen molar-refractivity contribution in [1.29, 1.82) is 5.26 Å². The SMILES string of the molecule is CC(C#N)S(=O)(=O)N(C)Cc1ccc(C(=O)O)cc1. The van der Waals surface area contributed by atoms with Gasteiger partial charge in [-0.05, 0) is 24.6 Å². The van der Waals surface area contributed by atoms with Gasteiger partial charge in [-0.15, -0.1) is 0 Å². The highest BCUT2D eigenvalue weighted by molar-refractivity contribution is 7.89. The van der Waals surface area contributed by atoms with Gasteiger partial charge in [0.1, 0.15) is 0 Å². The fourth-order valence-electron chi connectivity index (χ4n) is 1.44. The first kappa shape index (κ1) is 15.1. The number of carboxylic acid groups (broad SMARTS) is 1. The van der Waals surface area contributed by atoms with E-state index in [2.05, 4.69) is 0 Å². The lowest BCUT2D eigenvalue weighted by Crippen LogP contribution is -2.33. The average molecular weight is 282 g/mol. The van der Waals surface area contributed by atoms with Crippen molar-refractivity contribution in [1.82, 2.24) is 4.31 Å². The summed E-state index contributed by atoms with van der Waals surface area (Å²) in [6, 6.07) is 7.60. The maximum absolute atomic E-state index is 11.9. The van der Waals surface area contributed by atoms with E-state index in [-0.39, 0.29) is 12.1 Å². The fraction of sp³-hybridized carbons (Fsp3) is 0.333. The van der Waals surface area contributed by atoms with Crippen LogP contribution in [0.3, 0.4) is 0 Å². The quantitative estimate of drug-likeness (QED) is 0.870. The van der Waals surface area contributed by atoms with E-state index in [0.29, 0.717) is 5.56 Å². The summed E-state index contributed by atoms with van der Waals surface area (Å²) < 4.78 is 24.8. The highest BCUT2D eigenvalue weighted by Crippen LogP contribution is 2.12. The van der Waals surface area contributed by atoms with Crippen LogP contribution < -0.4 is 0 Å². The van der Waals surface area contributed by atoms with E-state index in [1.807, 2.05) is 0 Å². The molecule has 1 aromatic rings. The highest BCUT2D eigenvalue weighted by Gasteiger charge is 2.25. The standard InChI is InChI=1S/C12H14N2O4S/c1-9(7-13)19(17,18)14(2)8-10-3-5-11(6-4-10)12(15)16/h3-6,9H,8H2,1-2H3,(H,15,16). The summed E-state index contributed by atoms with van der Waals surface area (Å²) in [6.45, 7) is 1.41. The van der Waals surface area contributed by atoms with Crippen molar-refractivity contribution in [3.05, 3.63) is 35.4 Å². The van der Waals surface area contributed by atoms with Crippen LogP contribution in [-0.4, -0.2) is 36.1 Å². The number of aromatic carboxylic acids is 1. The number of hydrogen-bond acceptors (Lipinski definition) is 4.